The lowest BCUT2D eigenvalue weighted by Crippen LogP contribution is -2.28. The molecule has 1 amide bonds. The number of hydrogen-bond donors (Lipinski definition) is 2. The van der Waals surface area contributed by atoms with Crippen molar-refractivity contribution < 1.29 is 4.79 Å². The molecule has 2 aromatic heterocycles. The van der Waals surface area contributed by atoms with Gasteiger partial charge in [0.25, 0.3) is 5.91 Å². The van der Waals surface area contributed by atoms with Crippen LogP contribution in [0.5, 0.6) is 0 Å². The Labute approximate surface area is 112 Å². The van der Waals surface area contributed by atoms with Crippen molar-refractivity contribution in [1.82, 2.24) is 25.1 Å². The lowest BCUT2D eigenvalue weighted by molar-refractivity contribution is 0.0943. The molecule has 2 N–H and O–H groups in total. The number of aryl methyl sites for hydroxylation is 2. The minimum atomic E-state index is -0.0754. The maximum Gasteiger partial charge on any atom is 0.269 e. The molecule has 0 saturated carbocycles. The van der Waals surface area contributed by atoms with Gasteiger partial charge in [-0.3, -0.25) is 9.48 Å². The SMILES string of the molecule is CCc1cc(C(=O)NCCc2cnc[nH]2)n(CC)n1. The van der Waals surface area contributed by atoms with Crippen LogP contribution in [0.4, 0.5) is 0 Å². The van der Waals surface area contributed by atoms with Crippen molar-refractivity contribution in [2.45, 2.75) is 33.2 Å². The van der Waals surface area contributed by atoms with E-state index in [-0.39, 0.29) is 5.91 Å². The van der Waals surface area contributed by atoms with Crippen molar-refractivity contribution in [2.24, 2.45) is 0 Å². The van der Waals surface area contributed by atoms with E-state index in [0.717, 1.165) is 24.2 Å². The number of hydrogen-bond acceptors (Lipinski definition) is 3. The highest BCUT2D eigenvalue weighted by Crippen LogP contribution is 2.05. The molecule has 0 radical (unpaired) electrons. The molecule has 102 valence electrons. The molecule has 0 aromatic carbocycles. The summed E-state index contributed by atoms with van der Waals surface area (Å²) in [5.41, 5.74) is 2.59. The van der Waals surface area contributed by atoms with Gasteiger partial charge in [-0.15, -0.1) is 0 Å². The van der Waals surface area contributed by atoms with Crippen LogP contribution < -0.4 is 5.32 Å². The second-order valence-corrected chi connectivity index (χ2v) is 4.27. The first kappa shape index (κ1) is 13.3. The van der Waals surface area contributed by atoms with Gasteiger partial charge in [0, 0.05) is 31.4 Å². The Morgan fingerprint density at radius 2 is 2.32 bits per heavy atom. The van der Waals surface area contributed by atoms with Crippen molar-refractivity contribution in [3.63, 3.8) is 0 Å². The van der Waals surface area contributed by atoms with Gasteiger partial charge < -0.3 is 10.3 Å². The van der Waals surface area contributed by atoms with Crippen LogP contribution in [0.2, 0.25) is 0 Å². The van der Waals surface area contributed by atoms with E-state index in [4.69, 9.17) is 0 Å². The highest BCUT2D eigenvalue weighted by Gasteiger charge is 2.13. The van der Waals surface area contributed by atoms with E-state index in [2.05, 4.69) is 20.4 Å². The van der Waals surface area contributed by atoms with E-state index < -0.39 is 0 Å². The molecular formula is C13H19N5O. The maximum absolute atomic E-state index is 12.1. The molecule has 0 fully saturated rings. The fourth-order valence-electron chi connectivity index (χ4n) is 1.89. The third kappa shape index (κ3) is 3.21. The largest absolute Gasteiger partial charge is 0.350 e. The molecule has 0 atom stereocenters. The summed E-state index contributed by atoms with van der Waals surface area (Å²) in [6.07, 6.45) is 4.97. The minimum Gasteiger partial charge on any atom is -0.350 e. The number of carbonyl (C=O) groups is 1. The van der Waals surface area contributed by atoms with Crippen molar-refractivity contribution in [2.75, 3.05) is 6.54 Å². The highest BCUT2D eigenvalue weighted by atomic mass is 16.2. The number of H-pyrrole nitrogens is 1. The van der Waals surface area contributed by atoms with E-state index in [9.17, 15) is 4.79 Å². The normalized spacial score (nSPS) is 10.6. The molecule has 0 bridgehead atoms. The summed E-state index contributed by atoms with van der Waals surface area (Å²) in [5.74, 6) is -0.0754. The van der Waals surface area contributed by atoms with Crippen LogP contribution in [0, 0.1) is 0 Å². The van der Waals surface area contributed by atoms with E-state index in [1.54, 1.807) is 17.2 Å². The average molecular weight is 261 g/mol. The highest BCUT2D eigenvalue weighted by molar-refractivity contribution is 5.92. The zero-order valence-electron chi connectivity index (χ0n) is 11.3. The van der Waals surface area contributed by atoms with Crippen LogP contribution in [0.15, 0.2) is 18.6 Å². The summed E-state index contributed by atoms with van der Waals surface area (Å²) in [6, 6.07) is 1.86. The Morgan fingerprint density at radius 1 is 1.47 bits per heavy atom. The maximum atomic E-state index is 12.1. The number of rotatable bonds is 6. The third-order valence-corrected chi connectivity index (χ3v) is 2.96. The lowest BCUT2D eigenvalue weighted by atomic mass is 10.3. The Morgan fingerprint density at radius 3 is 2.95 bits per heavy atom. The Hall–Kier alpha value is -2.11. The second kappa shape index (κ2) is 6.17. The minimum absolute atomic E-state index is 0.0754. The number of amides is 1. The average Bonchev–Trinajstić information content (AvgIpc) is 3.07. The van der Waals surface area contributed by atoms with Gasteiger partial charge in [-0.2, -0.15) is 5.10 Å². The number of imidazole rings is 1. The van der Waals surface area contributed by atoms with Gasteiger partial charge >= 0.3 is 0 Å². The van der Waals surface area contributed by atoms with E-state index in [1.807, 2.05) is 19.9 Å². The van der Waals surface area contributed by atoms with Crippen LogP contribution in [-0.2, 0) is 19.4 Å². The van der Waals surface area contributed by atoms with Crippen molar-refractivity contribution >= 4 is 5.91 Å². The molecule has 0 spiro atoms. The van der Waals surface area contributed by atoms with Gasteiger partial charge in [-0.1, -0.05) is 6.92 Å². The van der Waals surface area contributed by atoms with Crippen molar-refractivity contribution in [3.8, 4) is 0 Å². The number of aromatic amines is 1. The fourth-order valence-corrected chi connectivity index (χ4v) is 1.89. The quantitative estimate of drug-likeness (QED) is 0.819. The van der Waals surface area contributed by atoms with E-state index in [0.29, 0.717) is 18.8 Å². The predicted octanol–water partition coefficient (Wildman–Crippen LogP) is 1.16. The number of carbonyl (C=O) groups excluding carboxylic acids is 1. The zero-order valence-corrected chi connectivity index (χ0v) is 11.3. The Balaban J connectivity index is 1.93. The van der Waals surface area contributed by atoms with Crippen LogP contribution in [0.25, 0.3) is 0 Å². The molecule has 2 heterocycles. The fraction of sp³-hybridized carbons (Fsp3) is 0.462. The van der Waals surface area contributed by atoms with Crippen LogP contribution in [0.3, 0.4) is 0 Å². The van der Waals surface area contributed by atoms with Crippen molar-refractivity contribution in [3.05, 3.63) is 35.7 Å². The molecule has 0 aliphatic rings. The molecule has 6 heteroatoms. The van der Waals surface area contributed by atoms with Gasteiger partial charge in [0.15, 0.2) is 0 Å². The van der Waals surface area contributed by atoms with E-state index in [1.165, 1.54) is 0 Å². The smallest absolute Gasteiger partial charge is 0.269 e. The summed E-state index contributed by atoms with van der Waals surface area (Å²) in [7, 11) is 0. The van der Waals surface area contributed by atoms with Gasteiger partial charge in [0.2, 0.25) is 0 Å². The van der Waals surface area contributed by atoms with Gasteiger partial charge in [-0.25, -0.2) is 4.98 Å². The molecular weight excluding hydrogens is 242 g/mol. The molecule has 2 aromatic rings. The first-order valence-corrected chi connectivity index (χ1v) is 6.56. The monoisotopic (exact) mass is 261 g/mol. The summed E-state index contributed by atoms with van der Waals surface area (Å²) in [6.45, 7) is 5.29. The molecule has 0 unspecified atom stereocenters. The summed E-state index contributed by atoms with van der Waals surface area (Å²) >= 11 is 0. The van der Waals surface area contributed by atoms with Crippen LogP contribution in [-0.4, -0.2) is 32.2 Å². The molecule has 19 heavy (non-hydrogen) atoms. The molecule has 0 saturated heterocycles. The number of nitrogens with zero attached hydrogens (tertiary/aromatic N) is 3. The van der Waals surface area contributed by atoms with E-state index >= 15 is 0 Å². The van der Waals surface area contributed by atoms with Crippen LogP contribution >= 0.6 is 0 Å². The Bertz CT molecular complexity index is 529. The van der Waals surface area contributed by atoms with Gasteiger partial charge in [0.05, 0.1) is 12.0 Å². The third-order valence-electron chi connectivity index (χ3n) is 2.96. The molecule has 0 aliphatic heterocycles. The summed E-state index contributed by atoms with van der Waals surface area (Å²) < 4.78 is 1.74. The zero-order chi connectivity index (χ0) is 13.7. The summed E-state index contributed by atoms with van der Waals surface area (Å²) in [5, 5.41) is 7.27. The van der Waals surface area contributed by atoms with Gasteiger partial charge in [0.1, 0.15) is 5.69 Å². The molecule has 0 aliphatic carbocycles. The topological polar surface area (TPSA) is 75.6 Å². The summed E-state index contributed by atoms with van der Waals surface area (Å²) in [4.78, 5) is 19.0. The first-order chi connectivity index (χ1) is 9.24. The molecule has 6 nitrogen and oxygen atoms in total. The Kier molecular flexibility index (Phi) is 4.33. The number of nitrogens with one attached hydrogen (secondary N) is 2. The standard InChI is InChI=1S/C13H19N5O/c1-3-10-7-12(18(4-2)17-10)13(19)15-6-5-11-8-14-9-16-11/h7-9H,3-6H2,1-2H3,(H,14,16)(H,15,19). The molecule has 2 rings (SSSR count). The second-order valence-electron chi connectivity index (χ2n) is 4.27. The predicted molar refractivity (Wildman–Crippen MR) is 71.9 cm³/mol. The van der Waals surface area contributed by atoms with Crippen LogP contribution in [0.1, 0.15) is 35.7 Å². The van der Waals surface area contributed by atoms with Gasteiger partial charge in [-0.05, 0) is 19.4 Å². The number of aromatic nitrogens is 4. The lowest BCUT2D eigenvalue weighted by Gasteiger charge is -2.05. The van der Waals surface area contributed by atoms with Crippen molar-refractivity contribution in [1.29, 1.82) is 0 Å². The first-order valence-electron chi connectivity index (χ1n) is 6.56.